The Labute approximate surface area is 121 Å². The summed E-state index contributed by atoms with van der Waals surface area (Å²) in [6, 6.07) is 5.69. The molecule has 2 heterocycles. The number of carbonyl (C=O) groups excluding carboxylic acids is 1. The molecular weight excluding hydrogens is 297 g/mol. The minimum absolute atomic E-state index is 0.0788. The van der Waals surface area contributed by atoms with Gasteiger partial charge >= 0.3 is 10.2 Å². The van der Waals surface area contributed by atoms with E-state index < -0.39 is 21.9 Å². The third kappa shape index (κ3) is 3.21. The maximum Gasteiger partial charge on any atom is 0.302 e. The second kappa shape index (κ2) is 5.10. The standard InChI is InChI=1S/C13H14FN3O3S/c14-21(19,20)8-10-4-13(18)17(7-10)6-9-1-2-11-5-15-16-12(11)3-9/h1-3,5,10H,4,6-8H2,(H,15,16). The molecule has 0 saturated carbocycles. The molecule has 1 saturated heterocycles. The monoisotopic (exact) mass is 311 g/mol. The van der Waals surface area contributed by atoms with Gasteiger partial charge < -0.3 is 4.90 Å². The number of fused-ring (bicyclic) bond motifs is 1. The number of nitrogens with zero attached hydrogens (tertiary/aromatic N) is 2. The van der Waals surface area contributed by atoms with Crippen LogP contribution < -0.4 is 0 Å². The van der Waals surface area contributed by atoms with Crippen molar-refractivity contribution in [3.63, 3.8) is 0 Å². The van der Waals surface area contributed by atoms with Gasteiger partial charge in [0.2, 0.25) is 5.91 Å². The Morgan fingerprint density at radius 2 is 2.24 bits per heavy atom. The van der Waals surface area contributed by atoms with Gasteiger partial charge in [0.1, 0.15) is 0 Å². The van der Waals surface area contributed by atoms with Crippen LogP contribution in [0.2, 0.25) is 0 Å². The molecule has 1 aromatic heterocycles. The molecule has 1 aliphatic heterocycles. The fourth-order valence-electron chi connectivity index (χ4n) is 2.70. The van der Waals surface area contributed by atoms with Crippen LogP contribution in [0.25, 0.3) is 10.9 Å². The minimum atomic E-state index is -4.54. The van der Waals surface area contributed by atoms with Crippen LogP contribution >= 0.6 is 0 Å². The summed E-state index contributed by atoms with van der Waals surface area (Å²) in [5.41, 5.74) is 1.80. The molecule has 1 aliphatic rings. The van der Waals surface area contributed by atoms with Gasteiger partial charge in [-0.25, -0.2) is 0 Å². The van der Waals surface area contributed by atoms with E-state index in [-0.39, 0.29) is 18.9 Å². The van der Waals surface area contributed by atoms with Gasteiger partial charge in [-0.1, -0.05) is 12.1 Å². The molecule has 0 spiro atoms. The van der Waals surface area contributed by atoms with E-state index in [9.17, 15) is 17.1 Å². The zero-order valence-corrected chi connectivity index (χ0v) is 11.9. The molecule has 8 heteroatoms. The Morgan fingerprint density at radius 3 is 3.00 bits per heavy atom. The molecule has 3 rings (SSSR count). The Kier molecular flexibility index (Phi) is 3.40. The van der Waals surface area contributed by atoms with E-state index in [1.807, 2.05) is 18.2 Å². The number of rotatable bonds is 4. The van der Waals surface area contributed by atoms with Crippen molar-refractivity contribution in [2.45, 2.75) is 13.0 Å². The first-order valence-electron chi connectivity index (χ1n) is 6.53. The van der Waals surface area contributed by atoms with Crippen LogP contribution in [0.3, 0.4) is 0 Å². The molecular formula is C13H14FN3O3S. The summed E-state index contributed by atoms with van der Waals surface area (Å²) in [4.78, 5) is 13.4. The number of hydrogen-bond acceptors (Lipinski definition) is 4. The molecule has 21 heavy (non-hydrogen) atoms. The summed E-state index contributed by atoms with van der Waals surface area (Å²) in [6.07, 6.45) is 1.79. The fraction of sp³-hybridized carbons (Fsp3) is 0.385. The maximum atomic E-state index is 12.7. The van der Waals surface area contributed by atoms with E-state index in [4.69, 9.17) is 0 Å². The smallest absolute Gasteiger partial charge is 0.302 e. The lowest BCUT2D eigenvalue weighted by Gasteiger charge is -2.16. The maximum absolute atomic E-state index is 12.7. The first-order chi connectivity index (χ1) is 9.90. The topological polar surface area (TPSA) is 83.1 Å². The van der Waals surface area contributed by atoms with Gasteiger partial charge in [0.05, 0.1) is 17.5 Å². The van der Waals surface area contributed by atoms with Crippen LogP contribution in [-0.2, 0) is 21.6 Å². The number of benzene rings is 1. The molecule has 1 atom stereocenters. The van der Waals surface area contributed by atoms with Crippen LogP contribution in [0.15, 0.2) is 24.4 Å². The highest BCUT2D eigenvalue weighted by atomic mass is 32.3. The summed E-state index contributed by atoms with van der Waals surface area (Å²) in [7, 11) is -4.54. The van der Waals surface area contributed by atoms with E-state index in [2.05, 4.69) is 10.2 Å². The van der Waals surface area contributed by atoms with Crippen LogP contribution in [0.4, 0.5) is 3.89 Å². The van der Waals surface area contributed by atoms with Crippen molar-refractivity contribution >= 4 is 27.0 Å². The lowest BCUT2D eigenvalue weighted by atomic mass is 10.1. The van der Waals surface area contributed by atoms with Crippen molar-refractivity contribution < 1.29 is 17.1 Å². The lowest BCUT2D eigenvalue weighted by Crippen LogP contribution is -2.25. The van der Waals surface area contributed by atoms with Gasteiger partial charge in [0.15, 0.2) is 0 Å². The quantitative estimate of drug-likeness (QED) is 0.860. The second-order valence-electron chi connectivity index (χ2n) is 5.34. The summed E-state index contributed by atoms with van der Waals surface area (Å²) >= 11 is 0. The predicted octanol–water partition coefficient (Wildman–Crippen LogP) is 1.21. The summed E-state index contributed by atoms with van der Waals surface area (Å²) in [5, 5.41) is 7.76. The molecule has 6 nitrogen and oxygen atoms in total. The number of H-pyrrole nitrogens is 1. The number of amides is 1. The normalized spacial score (nSPS) is 19.6. The lowest BCUT2D eigenvalue weighted by molar-refractivity contribution is -0.128. The zero-order chi connectivity index (χ0) is 15.0. The fourth-order valence-corrected chi connectivity index (χ4v) is 3.49. The third-order valence-corrected chi connectivity index (χ3v) is 4.48. The molecule has 0 bridgehead atoms. The Morgan fingerprint density at radius 1 is 1.43 bits per heavy atom. The Bertz CT molecular complexity index is 787. The van der Waals surface area contributed by atoms with Crippen molar-refractivity contribution in [2.24, 2.45) is 5.92 Å². The van der Waals surface area contributed by atoms with Crippen LogP contribution in [0.1, 0.15) is 12.0 Å². The predicted molar refractivity (Wildman–Crippen MR) is 74.5 cm³/mol. The molecule has 1 aromatic carbocycles. The van der Waals surface area contributed by atoms with Gasteiger partial charge in [0, 0.05) is 30.8 Å². The summed E-state index contributed by atoms with van der Waals surface area (Å²) in [6.45, 7) is 0.652. The van der Waals surface area contributed by atoms with E-state index in [0.29, 0.717) is 6.54 Å². The average molecular weight is 311 g/mol. The van der Waals surface area contributed by atoms with Gasteiger partial charge in [-0.2, -0.15) is 13.5 Å². The van der Waals surface area contributed by atoms with Crippen molar-refractivity contribution in [1.82, 2.24) is 15.1 Å². The first-order valence-corrected chi connectivity index (χ1v) is 8.08. The van der Waals surface area contributed by atoms with Crippen LogP contribution in [-0.4, -0.2) is 41.7 Å². The largest absolute Gasteiger partial charge is 0.338 e. The third-order valence-electron chi connectivity index (χ3n) is 3.61. The molecule has 1 fully saturated rings. The van der Waals surface area contributed by atoms with Crippen LogP contribution in [0, 0.1) is 5.92 Å². The van der Waals surface area contributed by atoms with Crippen LogP contribution in [0.5, 0.6) is 0 Å². The van der Waals surface area contributed by atoms with E-state index in [1.54, 1.807) is 11.1 Å². The second-order valence-corrected chi connectivity index (χ2v) is 6.75. The number of carbonyl (C=O) groups is 1. The number of likely N-dealkylation sites (tertiary alicyclic amines) is 1. The number of aromatic amines is 1. The molecule has 0 radical (unpaired) electrons. The SMILES string of the molecule is O=C1CC(CS(=O)(=O)F)CN1Cc1ccc2cn[nH]c2c1. The van der Waals surface area contributed by atoms with Gasteiger partial charge in [0.25, 0.3) is 0 Å². The number of aromatic nitrogens is 2. The van der Waals surface area contributed by atoms with Gasteiger partial charge in [-0.05, 0) is 11.6 Å². The number of hydrogen-bond donors (Lipinski definition) is 1. The van der Waals surface area contributed by atoms with Gasteiger partial charge in [-0.15, -0.1) is 3.89 Å². The van der Waals surface area contributed by atoms with E-state index >= 15 is 0 Å². The molecule has 112 valence electrons. The summed E-state index contributed by atoms with van der Waals surface area (Å²) < 4.78 is 34.0. The highest BCUT2D eigenvalue weighted by Gasteiger charge is 2.32. The Hall–Kier alpha value is -1.96. The highest BCUT2D eigenvalue weighted by molar-refractivity contribution is 7.86. The van der Waals surface area contributed by atoms with Crippen molar-refractivity contribution in [2.75, 3.05) is 12.3 Å². The molecule has 1 amide bonds. The summed E-state index contributed by atoms with van der Waals surface area (Å²) in [5.74, 6) is -1.20. The van der Waals surface area contributed by atoms with Gasteiger partial charge in [-0.3, -0.25) is 9.89 Å². The number of halogens is 1. The van der Waals surface area contributed by atoms with Crippen molar-refractivity contribution in [1.29, 1.82) is 0 Å². The first kappa shape index (κ1) is 14.0. The van der Waals surface area contributed by atoms with E-state index in [0.717, 1.165) is 16.5 Å². The molecule has 2 aromatic rings. The average Bonchev–Trinajstić information content (AvgIpc) is 2.94. The molecule has 0 aliphatic carbocycles. The Balaban J connectivity index is 1.71. The minimum Gasteiger partial charge on any atom is -0.338 e. The van der Waals surface area contributed by atoms with Crippen molar-refractivity contribution in [3.05, 3.63) is 30.0 Å². The van der Waals surface area contributed by atoms with E-state index in [1.165, 1.54) is 0 Å². The van der Waals surface area contributed by atoms with Crippen molar-refractivity contribution in [3.8, 4) is 0 Å². The molecule has 1 N–H and O–H groups in total. The number of nitrogens with one attached hydrogen (secondary N) is 1. The highest BCUT2D eigenvalue weighted by Crippen LogP contribution is 2.23. The molecule has 1 unspecified atom stereocenters. The zero-order valence-electron chi connectivity index (χ0n) is 11.1.